The number of carbonyl (C=O) groups is 4. The lowest BCUT2D eigenvalue weighted by atomic mass is 9.51. The minimum atomic E-state index is -1.21. The number of nitrogens with one attached hydrogen (secondary N) is 1. The highest BCUT2D eigenvalue weighted by molar-refractivity contribution is 6.31. The molecule has 1 saturated carbocycles. The number of benzene rings is 2. The van der Waals surface area contributed by atoms with E-state index in [1.807, 2.05) is 6.08 Å². The van der Waals surface area contributed by atoms with Crippen molar-refractivity contribution in [2.24, 2.45) is 29.1 Å². The van der Waals surface area contributed by atoms with E-state index in [1.165, 1.54) is 12.1 Å². The molecular formula is C28H24ClFN2O5. The molecule has 6 rings (SSSR count). The number of anilines is 1. The van der Waals surface area contributed by atoms with E-state index in [1.54, 1.807) is 32.0 Å². The summed E-state index contributed by atoms with van der Waals surface area (Å²) in [5, 5.41) is 12.4. The zero-order chi connectivity index (χ0) is 26.4. The van der Waals surface area contributed by atoms with Gasteiger partial charge in [-0.25, -0.2) is 9.29 Å². The van der Waals surface area contributed by atoms with Crippen LogP contribution < -0.4 is 10.2 Å². The molecule has 0 radical (unpaired) electrons. The molecule has 2 aromatic carbocycles. The van der Waals surface area contributed by atoms with Crippen molar-refractivity contribution in [1.82, 2.24) is 5.32 Å². The predicted octanol–water partition coefficient (Wildman–Crippen LogP) is 4.01. The SMILES string of the molecule is Cc1cc([C@H]2C3=CC[C@@H]4C(=O)NC(=O)[C@@H]4[C@@H]3C[C@H]3C(=O)N(c4ccc(F)c(Cl)c4)C(=O)[C@@]23C)ccc1O. The van der Waals surface area contributed by atoms with E-state index in [0.29, 0.717) is 12.0 Å². The predicted molar refractivity (Wildman–Crippen MR) is 132 cm³/mol. The fourth-order valence-corrected chi connectivity index (χ4v) is 7.21. The van der Waals surface area contributed by atoms with Gasteiger partial charge in [-0.15, -0.1) is 0 Å². The van der Waals surface area contributed by atoms with E-state index in [4.69, 9.17) is 11.6 Å². The number of phenolic OH excluding ortho intramolecular Hbond substituents is 1. The average Bonchev–Trinajstić information content (AvgIpc) is 3.25. The molecule has 0 unspecified atom stereocenters. The molecule has 2 aromatic rings. The third-order valence-corrected chi connectivity index (χ3v) is 9.12. The van der Waals surface area contributed by atoms with Crippen LogP contribution in [0.5, 0.6) is 5.75 Å². The fourth-order valence-electron chi connectivity index (χ4n) is 7.03. The topological polar surface area (TPSA) is 104 Å². The minimum Gasteiger partial charge on any atom is -0.508 e. The Morgan fingerprint density at radius 1 is 1.08 bits per heavy atom. The maximum Gasteiger partial charge on any atom is 0.241 e. The molecule has 2 aliphatic heterocycles. The van der Waals surface area contributed by atoms with Gasteiger partial charge in [-0.2, -0.15) is 0 Å². The number of nitrogens with zero attached hydrogens (tertiary/aromatic N) is 1. The number of halogens is 2. The molecular weight excluding hydrogens is 499 g/mol. The Morgan fingerprint density at radius 3 is 2.54 bits per heavy atom. The lowest BCUT2D eigenvalue weighted by Gasteiger charge is -2.49. The number of hydrogen-bond donors (Lipinski definition) is 2. The van der Waals surface area contributed by atoms with Crippen molar-refractivity contribution < 1.29 is 28.7 Å². The largest absolute Gasteiger partial charge is 0.508 e. The quantitative estimate of drug-likeness (QED) is 0.458. The van der Waals surface area contributed by atoms with Gasteiger partial charge < -0.3 is 5.11 Å². The maximum absolute atomic E-state index is 14.2. The number of aromatic hydroxyl groups is 1. The van der Waals surface area contributed by atoms with Gasteiger partial charge in [0.15, 0.2) is 0 Å². The summed E-state index contributed by atoms with van der Waals surface area (Å²) in [7, 11) is 0. The summed E-state index contributed by atoms with van der Waals surface area (Å²) >= 11 is 5.99. The number of hydrogen-bond acceptors (Lipinski definition) is 5. The summed E-state index contributed by atoms with van der Waals surface area (Å²) in [6, 6.07) is 8.82. The Morgan fingerprint density at radius 2 is 1.84 bits per heavy atom. The maximum atomic E-state index is 14.2. The summed E-state index contributed by atoms with van der Waals surface area (Å²) in [5.41, 5.74) is 1.18. The van der Waals surface area contributed by atoms with Crippen LogP contribution in [-0.4, -0.2) is 28.7 Å². The molecule has 37 heavy (non-hydrogen) atoms. The second-order valence-corrected chi connectivity index (χ2v) is 11.1. The summed E-state index contributed by atoms with van der Waals surface area (Å²) in [5.74, 6) is -4.99. The lowest BCUT2D eigenvalue weighted by Crippen LogP contribution is -2.48. The van der Waals surface area contributed by atoms with Gasteiger partial charge in [0, 0.05) is 5.92 Å². The van der Waals surface area contributed by atoms with E-state index >= 15 is 0 Å². The molecule has 2 saturated heterocycles. The number of fused-ring (bicyclic) bond motifs is 4. The van der Waals surface area contributed by atoms with Crippen LogP contribution >= 0.6 is 11.6 Å². The van der Waals surface area contributed by atoms with Crippen molar-refractivity contribution >= 4 is 40.9 Å². The third-order valence-electron chi connectivity index (χ3n) is 8.83. The molecule has 2 aliphatic carbocycles. The zero-order valence-electron chi connectivity index (χ0n) is 20.1. The Kier molecular flexibility index (Phi) is 5.15. The van der Waals surface area contributed by atoms with Crippen LogP contribution in [0.1, 0.15) is 36.8 Å². The van der Waals surface area contributed by atoms with E-state index < -0.39 is 52.6 Å². The zero-order valence-corrected chi connectivity index (χ0v) is 20.9. The first kappa shape index (κ1) is 23.9. The lowest BCUT2D eigenvalue weighted by molar-refractivity contribution is -0.131. The molecule has 4 aliphatic rings. The number of rotatable bonds is 2. The van der Waals surface area contributed by atoms with Crippen molar-refractivity contribution in [1.29, 1.82) is 0 Å². The molecule has 9 heteroatoms. The number of aryl methyl sites for hydroxylation is 1. The molecule has 0 spiro atoms. The van der Waals surface area contributed by atoms with Crippen LogP contribution in [-0.2, 0) is 19.2 Å². The van der Waals surface area contributed by atoms with Gasteiger partial charge in [0.2, 0.25) is 23.6 Å². The fraction of sp³-hybridized carbons (Fsp3) is 0.357. The third kappa shape index (κ3) is 3.18. The van der Waals surface area contributed by atoms with Gasteiger partial charge >= 0.3 is 0 Å². The number of carbonyl (C=O) groups excluding carboxylic acids is 4. The van der Waals surface area contributed by atoms with E-state index in [-0.39, 0.29) is 34.7 Å². The molecule has 2 heterocycles. The van der Waals surface area contributed by atoms with Gasteiger partial charge in [-0.3, -0.25) is 24.5 Å². The first-order valence-corrected chi connectivity index (χ1v) is 12.6. The monoisotopic (exact) mass is 522 g/mol. The minimum absolute atomic E-state index is 0.104. The Labute approximate surface area is 217 Å². The first-order chi connectivity index (χ1) is 17.5. The second-order valence-electron chi connectivity index (χ2n) is 10.7. The van der Waals surface area contributed by atoms with Crippen molar-refractivity contribution in [3.63, 3.8) is 0 Å². The van der Waals surface area contributed by atoms with E-state index in [9.17, 15) is 28.7 Å². The van der Waals surface area contributed by atoms with Crippen LogP contribution in [0.3, 0.4) is 0 Å². The number of amides is 4. The van der Waals surface area contributed by atoms with Gasteiger partial charge in [-0.05, 0) is 68.0 Å². The highest BCUT2D eigenvalue weighted by Gasteiger charge is 2.67. The number of allylic oxidation sites excluding steroid dienone is 2. The molecule has 4 amide bonds. The second kappa shape index (κ2) is 7.99. The Bertz CT molecular complexity index is 1450. The van der Waals surface area contributed by atoms with Crippen LogP contribution in [0, 0.1) is 41.8 Å². The standard InChI is InChI=1S/C28H24ClFN2O5/c1-12-9-13(3-8-21(12)33)23-15-5-6-16-22(25(35)31-24(16)34)17(15)11-18-26(36)32(27(37)28(18,23)2)14-4-7-20(30)19(29)10-14/h3-5,7-10,16-18,22-23,33H,6,11H2,1-2H3,(H,31,34,35)/t16-,17+,18-,22-,23-,28+/m0/s1. The Hall–Kier alpha value is -3.52. The summed E-state index contributed by atoms with van der Waals surface area (Å²) in [6.45, 7) is 3.51. The molecule has 6 atom stereocenters. The summed E-state index contributed by atoms with van der Waals surface area (Å²) in [6.07, 6.45) is 2.54. The number of imide groups is 2. The molecule has 7 nitrogen and oxygen atoms in total. The van der Waals surface area contributed by atoms with Crippen LogP contribution in [0.15, 0.2) is 48.0 Å². The molecule has 0 bridgehead atoms. The van der Waals surface area contributed by atoms with Gasteiger partial charge in [-0.1, -0.05) is 35.4 Å². The first-order valence-electron chi connectivity index (χ1n) is 12.2. The molecule has 3 fully saturated rings. The summed E-state index contributed by atoms with van der Waals surface area (Å²) in [4.78, 5) is 54.5. The smallest absolute Gasteiger partial charge is 0.241 e. The molecule has 2 N–H and O–H groups in total. The van der Waals surface area contributed by atoms with Crippen LogP contribution in [0.2, 0.25) is 5.02 Å². The van der Waals surface area contributed by atoms with E-state index in [0.717, 1.165) is 22.1 Å². The molecule has 190 valence electrons. The Balaban J connectivity index is 1.54. The van der Waals surface area contributed by atoms with Gasteiger partial charge in [0.05, 0.1) is 33.9 Å². The highest BCUT2D eigenvalue weighted by atomic mass is 35.5. The van der Waals surface area contributed by atoms with Gasteiger partial charge in [0.25, 0.3) is 0 Å². The number of phenols is 1. The van der Waals surface area contributed by atoms with Crippen molar-refractivity contribution in [2.75, 3.05) is 4.90 Å². The average molecular weight is 523 g/mol. The van der Waals surface area contributed by atoms with E-state index in [2.05, 4.69) is 5.32 Å². The van der Waals surface area contributed by atoms with Crippen LogP contribution in [0.25, 0.3) is 0 Å². The van der Waals surface area contributed by atoms with Crippen LogP contribution in [0.4, 0.5) is 10.1 Å². The van der Waals surface area contributed by atoms with Crippen molar-refractivity contribution in [3.05, 3.63) is 70.0 Å². The summed E-state index contributed by atoms with van der Waals surface area (Å²) < 4.78 is 13.9. The van der Waals surface area contributed by atoms with Gasteiger partial charge in [0.1, 0.15) is 11.6 Å². The van der Waals surface area contributed by atoms with Crippen molar-refractivity contribution in [2.45, 2.75) is 32.6 Å². The normalized spacial score (nSPS) is 32.6. The molecule has 0 aromatic heterocycles. The highest BCUT2D eigenvalue weighted by Crippen LogP contribution is 2.63. The van der Waals surface area contributed by atoms with Crippen molar-refractivity contribution in [3.8, 4) is 5.75 Å².